The van der Waals surface area contributed by atoms with Crippen LogP contribution in [0.25, 0.3) is 0 Å². The van der Waals surface area contributed by atoms with Crippen molar-refractivity contribution in [3.8, 4) is 0 Å². The Labute approximate surface area is 147 Å². The predicted octanol–water partition coefficient (Wildman–Crippen LogP) is 2.38. The maximum absolute atomic E-state index is 12.0. The second kappa shape index (κ2) is 9.01. The van der Waals surface area contributed by atoms with Crippen molar-refractivity contribution in [2.45, 2.75) is 32.1 Å². The number of rotatable bonds is 4. The van der Waals surface area contributed by atoms with E-state index in [1.54, 1.807) is 11.0 Å². The number of hydrogen-bond donors (Lipinski definition) is 2. The third kappa shape index (κ3) is 5.45. The van der Waals surface area contributed by atoms with E-state index in [1.807, 2.05) is 30.3 Å². The second-order valence-corrected chi connectivity index (χ2v) is 6.25. The Hall–Kier alpha value is -2.63. The summed E-state index contributed by atoms with van der Waals surface area (Å²) in [7, 11) is 0. The third-order valence-corrected chi connectivity index (χ3v) is 4.44. The lowest BCUT2D eigenvalue weighted by molar-refractivity contribution is -0.141. The molecule has 0 spiro atoms. The van der Waals surface area contributed by atoms with E-state index < -0.39 is 11.9 Å². The molecule has 134 valence electrons. The van der Waals surface area contributed by atoms with Crippen LogP contribution in [-0.2, 0) is 16.0 Å². The van der Waals surface area contributed by atoms with Crippen LogP contribution in [0, 0.1) is 5.92 Å². The van der Waals surface area contributed by atoms with Gasteiger partial charge in [-0.3, -0.25) is 9.59 Å². The average molecular weight is 344 g/mol. The zero-order chi connectivity index (χ0) is 18.2. The van der Waals surface area contributed by atoms with Crippen molar-refractivity contribution >= 4 is 17.8 Å². The largest absolute Gasteiger partial charge is 0.481 e. The van der Waals surface area contributed by atoms with E-state index in [-0.39, 0.29) is 18.2 Å². The molecule has 0 radical (unpaired) electrons. The lowest BCUT2D eigenvalue weighted by atomic mass is 9.94. The summed E-state index contributed by atoms with van der Waals surface area (Å²) < 4.78 is 0. The number of ketones is 1. The van der Waals surface area contributed by atoms with Gasteiger partial charge >= 0.3 is 12.0 Å². The van der Waals surface area contributed by atoms with Crippen LogP contribution >= 0.6 is 0 Å². The number of benzene rings is 1. The summed E-state index contributed by atoms with van der Waals surface area (Å²) in [5.41, 5.74) is 6.38. The fraction of sp³-hybridized carbons (Fsp3) is 0.421. The van der Waals surface area contributed by atoms with Crippen molar-refractivity contribution in [3.63, 3.8) is 0 Å². The van der Waals surface area contributed by atoms with Crippen molar-refractivity contribution in [2.24, 2.45) is 11.7 Å². The van der Waals surface area contributed by atoms with Gasteiger partial charge in [-0.05, 0) is 31.2 Å². The van der Waals surface area contributed by atoms with E-state index in [4.69, 9.17) is 10.8 Å². The standard InChI is InChI=1S/C14H14O3.C5H10N2O/c15-13(9-10-5-2-1-3-6-10)11-7-4-8-12(11)14(16)17;6-5(8)7-3-1-2-4-7/h1-3,5-7,12H,4,8-9H2,(H,16,17);1-4H2,(H2,6,8). The van der Waals surface area contributed by atoms with Gasteiger partial charge in [-0.25, -0.2) is 4.79 Å². The monoisotopic (exact) mass is 344 g/mol. The molecule has 0 saturated carbocycles. The molecule has 1 aliphatic carbocycles. The summed E-state index contributed by atoms with van der Waals surface area (Å²) in [6.07, 6.45) is 5.52. The first-order valence-electron chi connectivity index (χ1n) is 8.53. The van der Waals surface area contributed by atoms with E-state index in [0.29, 0.717) is 18.4 Å². The van der Waals surface area contributed by atoms with Gasteiger partial charge in [0.15, 0.2) is 5.78 Å². The smallest absolute Gasteiger partial charge is 0.314 e. The molecule has 1 atom stereocenters. The number of aliphatic carboxylic acids is 1. The van der Waals surface area contributed by atoms with E-state index in [1.165, 1.54) is 0 Å². The Morgan fingerprint density at radius 3 is 2.28 bits per heavy atom. The Morgan fingerprint density at radius 2 is 1.76 bits per heavy atom. The summed E-state index contributed by atoms with van der Waals surface area (Å²) in [6.45, 7) is 1.71. The highest BCUT2D eigenvalue weighted by Crippen LogP contribution is 2.27. The highest BCUT2D eigenvalue weighted by atomic mass is 16.4. The quantitative estimate of drug-likeness (QED) is 0.875. The first-order chi connectivity index (χ1) is 12.0. The molecule has 1 heterocycles. The molecule has 25 heavy (non-hydrogen) atoms. The molecule has 3 rings (SSSR count). The van der Waals surface area contributed by atoms with Crippen LogP contribution in [-0.4, -0.2) is 40.9 Å². The number of primary amides is 1. The normalized spacial score (nSPS) is 19.0. The number of amides is 2. The molecular formula is C19H24N2O4. The molecule has 2 aliphatic rings. The van der Waals surface area contributed by atoms with E-state index in [9.17, 15) is 14.4 Å². The molecule has 1 fully saturated rings. The molecule has 0 aromatic heterocycles. The molecule has 1 saturated heterocycles. The topological polar surface area (TPSA) is 101 Å². The number of carbonyl (C=O) groups is 3. The van der Waals surface area contributed by atoms with Gasteiger partial charge < -0.3 is 15.7 Å². The molecule has 1 aliphatic heterocycles. The van der Waals surface area contributed by atoms with Gasteiger partial charge in [0.2, 0.25) is 0 Å². The molecule has 1 unspecified atom stereocenters. The van der Waals surface area contributed by atoms with Crippen molar-refractivity contribution in [1.82, 2.24) is 4.90 Å². The zero-order valence-corrected chi connectivity index (χ0v) is 14.2. The molecule has 1 aromatic rings. The van der Waals surface area contributed by atoms with Crippen molar-refractivity contribution in [1.29, 1.82) is 0 Å². The van der Waals surface area contributed by atoms with Gasteiger partial charge in [-0.15, -0.1) is 0 Å². The van der Waals surface area contributed by atoms with Crippen LogP contribution in [0.1, 0.15) is 31.2 Å². The van der Waals surface area contributed by atoms with Gasteiger partial charge in [0.25, 0.3) is 0 Å². The summed E-state index contributed by atoms with van der Waals surface area (Å²) in [6, 6.07) is 9.12. The fourth-order valence-electron chi connectivity index (χ4n) is 3.09. The Balaban J connectivity index is 0.000000236. The Bertz CT molecular complexity index is 649. The first kappa shape index (κ1) is 18.7. The summed E-state index contributed by atoms with van der Waals surface area (Å²) >= 11 is 0. The highest BCUT2D eigenvalue weighted by molar-refractivity contribution is 6.01. The van der Waals surface area contributed by atoms with Crippen LogP contribution in [0.3, 0.4) is 0 Å². The third-order valence-electron chi connectivity index (χ3n) is 4.44. The number of carboxylic acids is 1. The van der Waals surface area contributed by atoms with Crippen molar-refractivity contribution in [2.75, 3.05) is 13.1 Å². The van der Waals surface area contributed by atoms with Crippen LogP contribution in [0.4, 0.5) is 4.79 Å². The number of carbonyl (C=O) groups excluding carboxylic acids is 2. The van der Waals surface area contributed by atoms with Gasteiger partial charge in [0.05, 0.1) is 5.92 Å². The minimum atomic E-state index is -0.893. The summed E-state index contributed by atoms with van der Waals surface area (Å²) in [5.74, 6) is -1.57. The maximum Gasteiger partial charge on any atom is 0.314 e. The van der Waals surface area contributed by atoms with Gasteiger partial charge in [-0.2, -0.15) is 0 Å². The summed E-state index contributed by atoms with van der Waals surface area (Å²) in [4.78, 5) is 35.0. The lowest BCUT2D eigenvalue weighted by Crippen LogP contribution is -2.32. The van der Waals surface area contributed by atoms with Crippen LogP contribution in [0.5, 0.6) is 0 Å². The number of allylic oxidation sites excluding steroid dienone is 1. The van der Waals surface area contributed by atoms with Crippen LogP contribution in [0.15, 0.2) is 42.0 Å². The highest BCUT2D eigenvalue weighted by Gasteiger charge is 2.30. The van der Waals surface area contributed by atoms with Crippen LogP contribution in [0.2, 0.25) is 0 Å². The molecular weight excluding hydrogens is 320 g/mol. The number of nitrogens with two attached hydrogens (primary N) is 1. The molecule has 6 heteroatoms. The van der Waals surface area contributed by atoms with Gasteiger partial charge in [0.1, 0.15) is 0 Å². The van der Waals surface area contributed by atoms with Crippen molar-refractivity contribution < 1.29 is 19.5 Å². The number of hydrogen-bond acceptors (Lipinski definition) is 3. The van der Waals surface area contributed by atoms with E-state index in [2.05, 4.69) is 0 Å². The van der Waals surface area contributed by atoms with Gasteiger partial charge in [-0.1, -0.05) is 36.4 Å². The fourth-order valence-corrected chi connectivity index (χ4v) is 3.09. The Morgan fingerprint density at radius 1 is 1.12 bits per heavy atom. The van der Waals surface area contributed by atoms with Crippen molar-refractivity contribution in [3.05, 3.63) is 47.5 Å². The summed E-state index contributed by atoms with van der Waals surface area (Å²) in [5, 5.41) is 9.01. The molecule has 6 nitrogen and oxygen atoms in total. The zero-order valence-electron chi connectivity index (χ0n) is 14.2. The SMILES string of the molecule is NC(=O)N1CCCC1.O=C(Cc1ccccc1)C1=CCCC1C(=O)O. The Kier molecular flexibility index (Phi) is 6.74. The number of carboxylic acid groups (broad SMARTS) is 1. The minimum Gasteiger partial charge on any atom is -0.481 e. The predicted molar refractivity (Wildman–Crippen MR) is 94.0 cm³/mol. The number of likely N-dealkylation sites (tertiary alicyclic amines) is 1. The average Bonchev–Trinajstić information content (AvgIpc) is 3.28. The molecule has 0 bridgehead atoms. The maximum atomic E-state index is 12.0. The van der Waals surface area contributed by atoms with Crippen LogP contribution < -0.4 is 5.73 Å². The first-order valence-corrected chi connectivity index (χ1v) is 8.53. The van der Waals surface area contributed by atoms with E-state index in [0.717, 1.165) is 31.5 Å². The van der Waals surface area contributed by atoms with Gasteiger partial charge in [0, 0.05) is 25.1 Å². The van der Waals surface area contributed by atoms with E-state index >= 15 is 0 Å². The lowest BCUT2D eigenvalue weighted by Gasteiger charge is -2.09. The molecule has 2 amide bonds. The molecule has 3 N–H and O–H groups in total. The second-order valence-electron chi connectivity index (χ2n) is 6.25. The molecule has 1 aromatic carbocycles. The number of nitrogens with zero attached hydrogens (tertiary/aromatic N) is 1. The number of urea groups is 1. The number of Topliss-reactive ketones (excluding diaryl/α,β-unsaturated/α-hetero) is 1. The minimum absolute atomic E-state index is 0.0684.